The first-order valence-corrected chi connectivity index (χ1v) is 6.49. The fourth-order valence-electron chi connectivity index (χ4n) is 1.90. The van der Waals surface area contributed by atoms with Crippen molar-refractivity contribution in [3.8, 4) is 0 Å². The lowest BCUT2D eigenvalue weighted by Crippen LogP contribution is -2.09. The molecule has 1 unspecified atom stereocenters. The van der Waals surface area contributed by atoms with Gasteiger partial charge in [0.25, 0.3) is 5.69 Å². The highest BCUT2D eigenvalue weighted by Gasteiger charge is 2.16. The van der Waals surface area contributed by atoms with Gasteiger partial charge in [-0.1, -0.05) is 17.7 Å². The summed E-state index contributed by atoms with van der Waals surface area (Å²) in [7, 11) is 0. The predicted molar refractivity (Wildman–Crippen MR) is 79.1 cm³/mol. The molecule has 2 rings (SSSR count). The smallest absolute Gasteiger partial charge is 0.288 e. The van der Waals surface area contributed by atoms with Crippen LogP contribution < -0.4 is 5.32 Å². The maximum absolute atomic E-state index is 10.8. The van der Waals surface area contributed by atoms with E-state index >= 15 is 0 Å². The lowest BCUT2D eigenvalue weighted by molar-refractivity contribution is -0.384. The number of pyridine rings is 1. The molecule has 1 atom stereocenters. The van der Waals surface area contributed by atoms with E-state index in [9.17, 15) is 10.1 Å². The van der Waals surface area contributed by atoms with Crippen LogP contribution in [-0.4, -0.2) is 9.91 Å². The van der Waals surface area contributed by atoms with E-state index in [0.29, 0.717) is 0 Å². The predicted octanol–water partition coefficient (Wildman–Crippen LogP) is 4.12. The van der Waals surface area contributed by atoms with Crippen molar-refractivity contribution >= 4 is 23.0 Å². The number of halogens is 1. The highest BCUT2D eigenvalue weighted by atomic mass is 35.5. The summed E-state index contributed by atoms with van der Waals surface area (Å²) in [6, 6.07) is 8.71. The van der Waals surface area contributed by atoms with Gasteiger partial charge in [-0.3, -0.25) is 15.1 Å². The van der Waals surface area contributed by atoms with E-state index in [4.69, 9.17) is 11.6 Å². The number of aromatic nitrogens is 1. The molecule has 0 aliphatic carbocycles. The van der Waals surface area contributed by atoms with E-state index in [-0.39, 0.29) is 16.8 Å². The van der Waals surface area contributed by atoms with Gasteiger partial charge in [-0.15, -0.1) is 0 Å². The standard InChI is InChI=1S/C14H14ClN3O2/c1-9-7-14(18(19)20)11(15)8-13(9)17-10(2)12-5-3-4-6-16-12/h3-8,10,17H,1-2H3. The summed E-state index contributed by atoms with van der Waals surface area (Å²) < 4.78 is 0. The third-order valence-electron chi connectivity index (χ3n) is 2.99. The van der Waals surface area contributed by atoms with Crippen LogP contribution in [0.1, 0.15) is 24.2 Å². The molecule has 1 aromatic heterocycles. The van der Waals surface area contributed by atoms with Gasteiger partial charge in [-0.25, -0.2) is 0 Å². The lowest BCUT2D eigenvalue weighted by atomic mass is 10.1. The number of nitrogens with one attached hydrogen (secondary N) is 1. The fraction of sp³-hybridized carbons (Fsp3) is 0.214. The summed E-state index contributed by atoms with van der Waals surface area (Å²) >= 11 is 5.93. The van der Waals surface area contributed by atoms with Crippen LogP contribution in [0, 0.1) is 17.0 Å². The maximum atomic E-state index is 10.8. The zero-order valence-corrected chi connectivity index (χ0v) is 11.9. The molecule has 0 spiro atoms. The first-order valence-electron chi connectivity index (χ1n) is 6.11. The monoisotopic (exact) mass is 291 g/mol. The molecule has 6 heteroatoms. The van der Waals surface area contributed by atoms with Crippen molar-refractivity contribution in [3.05, 3.63) is 62.9 Å². The number of nitro benzene ring substituents is 1. The van der Waals surface area contributed by atoms with Gasteiger partial charge in [0, 0.05) is 18.0 Å². The van der Waals surface area contributed by atoms with Gasteiger partial charge in [0.15, 0.2) is 0 Å². The van der Waals surface area contributed by atoms with Crippen molar-refractivity contribution in [1.82, 2.24) is 4.98 Å². The SMILES string of the molecule is Cc1cc([N+](=O)[O-])c(Cl)cc1NC(C)c1ccccn1. The third kappa shape index (κ3) is 3.05. The van der Waals surface area contributed by atoms with Crippen LogP contribution >= 0.6 is 11.6 Å². The molecular weight excluding hydrogens is 278 g/mol. The molecule has 0 amide bonds. The average molecular weight is 292 g/mol. The Kier molecular flexibility index (Phi) is 4.20. The average Bonchev–Trinajstić information content (AvgIpc) is 2.43. The second-order valence-corrected chi connectivity index (χ2v) is 4.90. The minimum absolute atomic E-state index is 0.0209. The molecule has 20 heavy (non-hydrogen) atoms. The number of benzene rings is 1. The molecule has 0 aliphatic heterocycles. The van der Waals surface area contributed by atoms with Crippen LogP contribution in [0.5, 0.6) is 0 Å². The molecule has 0 bridgehead atoms. The van der Waals surface area contributed by atoms with Gasteiger partial charge in [-0.2, -0.15) is 0 Å². The Morgan fingerprint density at radius 2 is 2.15 bits per heavy atom. The molecule has 1 heterocycles. The Hall–Kier alpha value is -2.14. The molecular formula is C14H14ClN3O2. The topological polar surface area (TPSA) is 68.1 Å². The normalized spacial score (nSPS) is 11.9. The molecule has 2 aromatic rings. The Morgan fingerprint density at radius 3 is 2.75 bits per heavy atom. The summed E-state index contributed by atoms with van der Waals surface area (Å²) in [5, 5.41) is 14.2. The van der Waals surface area contributed by atoms with Crippen molar-refractivity contribution in [3.63, 3.8) is 0 Å². The van der Waals surface area contributed by atoms with Crippen molar-refractivity contribution in [2.24, 2.45) is 0 Å². The largest absolute Gasteiger partial charge is 0.377 e. The number of nitro groups is 1. The zero-order chi connectivity index (χ0) is 14.7. The number of anilines is 1. The van der Waals surface area contributed by atoms with Gasteiger partial charge in [0.1, 0.15) is 5.02 Å². The molecule has 1 N–H and O–H groups in total. The van der Waals surface area contributed by atoms with E-state index < -0.39 is 4.92 Å². The highest BCUT2D eigenvalue weighted by Crippen LogP contribution is 2.32. The molecule has 5 nitrogen and oxygen atoms in total. The number of aryl methyl sites for hydroxylation is 1. The molecule has 0 saturated heterocycles. The molecule has 0 radical (unpaired) electrons. The van der Waals surface area contributed by atoms with Gasteiger partial charge in [0.2, 0.25) is 0 Å². The summed E-state index contributed by atoms with van der Waals surface area (Å²) in [4.78, 5) is 14.6. The third-order valence-corrected chi connectivity index (χ3v) is 3.30. The van der Waals surface area contributed by atoms with Crippen molar-refractivity contribution < 1.29 is 4.92 Å². The Morgan fingerprint density at radius 1 is 1.40 bits per heavy atom. The summed E-state index contributed by atoms with van der Waals surface area (Å²) in [6.07, 6.45) is 1.73. The van der Waals surface area contributed by atoms with Crippen LogP contribution in [0.4, 0.5) is 11.4 Å². The molecule has 104 valence electrons. The minimum atomic E-state index is -0.485. The summed E-state index contributed by atoms with van der Waals surface area (Å²) in [5.74, 6) is 0. The minimum Gasteiger partial charge on any atom is -0.377 e. The molecule has 1 aromatic carbocycles. The second kappa shape index (κ2) is 5.88. The molecule has 0 fully saturated rings. The maximum Gasteiger partial charge on any atom is 0.288 e. The summed E-state index contributed by atoms with van der Waals surface area (Å²) in [5.41, 5.74) is 2.34. The van der Waals surface area contributed by atoms with Crippen LogP contribution in [0.2, 0.25) is 5.02 Å². The first kappa shape index (κ1) is 14.3. The van der Waals surface area contributed by atoms with E-state index in [2.05, 4.69) is 10.3 Å². The fourth-order valence-corrected chi connectivity index (χ4v) is 2.13. The van der Waals surface area contributed by atoms with E-state index in [1.54, 1.807) is 19.2 Å². The van der Waals surface area contributed by atoms with Crippen molar-refractivity contribution in [2.75, 3.05) is 5.32 Å². The Labute approximate surface area is 121 Å². The Bertz CT molecular complexity index is 632. The van der Waals surface area contributed by atoms with Crippen LogP contribution in [0.3, 0.4) is 0 Å². The van der Waals surface area contributed by atoms with E-state index in [1.807, 2.05) is 25.1 Å². The van der Waals surface area contributed by atoms with Crippen LogP contribution in [0.15, 0.2) is 36.5 Å². The number of hydrogen-bond donors (Lipinski definition) is 1. The molecule has 0 aliphatic rings. The van der Waals surface area contributed by atoms with Gasteiger partial charge >= 0.3 is 0 Å². The van der Waals surface area contributed by atoms with Gasteiger partial charge in [-0.05, 0) is 37.6 Å². The van der Waals surface area contributed by atoms with Crippen LogP contribution in [0.25, 0.3) is 0 Å². The number of rotatable bonds is 4. The van der Waals surface area contributed by atoms with Gasteiger partial charge in [0.05, 0.1) is 16.7 Å². The van der Waals surface area contributed by atoms with Crippen LogP contribution in [-0.2, 0) is 0 Å². The van der Waals surface area contributed by atoms with Crippen molar-refractivity contribution in [2.45, 2.75) is 19.9 Å². The quantitative estimate of drug-likeness (QED) is 0.679. The van der Waals surface area contributed by atoms with Gasteiger partial charge < -0.3 is 5.32 Å². The second-order valence-electron chi connectivity index (χ2n) is 4.50. The lowest BCUT2D eigenvalue weighted by Gasteiger charge is -2.16. The number of nitrogens with zero attached hydrogens (tertiary/aromatic N) is 2. The van der Waals surface area contributed by atoms with E-state index in [0.717, 1.165) is 16.9 Å². The summed E-state index contributed by atoms with van der Waals surface area (Å²) in [6.45, 7) is 3.77. The number of hydrogen-bond acceptors (Lipinski definition) is 4. The highest BCUT2D eigenvalue weighted by molar-refractivity contribution is 6.33. The van der Waals surface area contributed by atoms with E-state index in [1.165, 1.54) is 6.07 Å². The zero-order valence-electron chi connectivity index (χ0n) is 11.1. The first-order chi connectivity index (χ1) is 9.49. The van der Waals surface area contributed by atoms with Crippen molar-refractivity contribution in [1.29, 1.82) is 0 Å². The molecule has 0 saturated carbocycles. The Balaban J connectivity index is 2.26.